The summed E-state index contributed by atoms with van der Waals surface area (Å²) in [5.74, 6) is -0.716. The van der Waals surface area contributed by atoms with E-state index >= 15 is 0 Å². The van der Waals surface area contributed by atoms with Crippen molar-refractivity contribution in [3.05, 3.63) is 64.7 Å². The number of amides is 1. The number of nitrogens with zero attached hydrogens (tertiary/aromatic N) is 2. The molecule has 3 rings (SSSR count). The fourth-order valence-corrected chi connectivity index (χ4v) is 2.65. The Morgan fingerprint density at radius 2 is 1.93 bits per heavy atom. The van der Waals surface area contributed by atoms with Gasteiger partial charge < -0.3 is 10.1 Å². The Morgan fingerprint density at radius 3 is 2.68 bits per heavy atom. The van der Waals surface area contributed by atoms with Crippen LogP contribution < -0.4 is 15.6 Å². The van der Waals surface area contributed by atoms with Gasteiger partial charge in [-0.05, 0) is 30.7 Å². The average molecular weight is 391 g/mol. The third kappa shape index (κ3) is 4.48. The van der Waals surface area contributed by atoms with Gasteiger partial charge in [-0.3, -0.25) is 14.2 Å². The maximum atomic E-state index is 12.5. The lowest BCUT2D eigenvalue weighted by Gasteiger charge is -2.14. The SMILES string of the molecule is Cc1cccc2c(=O)n(CC(=O)Nc3ccccc3OCC(F)(F)F)cnc12. The van der Waals surface area contributed by atoms with Crippen LogP contribution in [0, 0.1) is 6.92 Å². The van der Waals surface area contributed by atoms with Crippen LogP contribution in [0.1, 0.15) is 5.56 Å². The van der Waals surface area contributed by atoms with E-state index in [1.165, 1.54) is 24.5 Å². The molecule has 0 radical (unpaired) electrons. The standard InChI is InChI=1S/C19H16F3N3O3/c1-12-5-4-6-13-17(12)23-11-25(18(13)27)9-16(26)24-14-7-2-3-8-15(14)28-10-19(20,21)22/h2-8,11H,9-10H2,1H3,(H,24,26). The summed E-state index contributed by atoms with van der Waals surface area (Å²) < 4.78 is 43.0. The van der Waals surface area contributed by atoms with Crippen LogP contribution in [0.5, 0.6) is 5.75 Å². The van der Waals surface area contributed by atoms with Gasteiger partial charge in [0.2, 0.25) is 5.91 Å². The Balaban J connectivity index is 1.78. The number of benzene rings is 2. The minimum Gasteiger partial charge on any atom is -0.482 e. The Hall–Kier alpha value is -3.36. The van der Waals surface area contributed by atoms with Crippen LogP contribution in [0.15, 0.2) is 53.6 Å². The molecule has 1 aromatic heterocycles. The lowest BCUT2D eigenvalue weighted by atomic mass is 10.1. The highest BCUT2D eigenvalue weighted by molar-refractivity contribution is 5.92. The average Bonchev–Trinajstić information content (AvgIpc) is 2.63. The lowest BCUT2D eigenvalue weighted by Crippen LogP contribution is -2.28. The van der Waals surface area contributed by atoms with Crippen molar-refractivity contribution in [2.75, 3.05) is 11.9 Å². The number of halogens is 3. The number of hydrogen-bond donors (Lipinski definition) is 1. The molecule has 2 aromatic carbocycles. The number of carbonyl (C=O) groups is 1. The summed E-state index contributed by atoms with van der Waals surface area (Å²) in [4.78, 5) is 29.1. The second kappa shape index (κ2) is 7.71. The maximum absolute atomic E-state index is 12.5. The van der Waals surface area contributed by atoms with Gasteiger partial charge in [-0.15, -0.1) is 0 Å². The van der Waals surface area contributed by atoms with E-state index in [4.69, 9.17) is 4.74 Å². The van der Waals surface area contributed by atoms with Gasteiger partial charge in [-0.2, -0.15) is 13.2 Å². The number of para-hydroxylation sites is 3. The summed E-state index contributed by atoms with van der Waals surface area (Å²) in [5, 5.41) is 2.84. The summed E-state index contributed by atoms with van der Waals surface area (Å²) in [6.07, 6.45) is -3.23. The largest absolute Gasteiger partial charge is 0.482 e. The Kier molecular flexibility index (Phi) is 5.34. The fourth-order valence-electron chi connectivity index (χ4n) is 2.65. The number of fused-ring (bicyclic) bond motifs is 1. The van der Waals surface area contributed by atoms with Crippen molar-refractivity contribution in [3.63, 3.8) is 0 Å². The van der Waals surface area contributed by atoms with E-state index in [0.29, 0.717) is 10.9 Å². The Morgan fingerprint density at radius 1 is 1.18 bits per heavy atom. The highest BCUT2D eigenvalue weighted by Gasteiger charge is 2.28. The minimum absolute atomic E-state index is 0.0781. The molecule has 0 aliphatic carbocycles. The zero-order valence-corrected chi connectivity index (χ0v) is 14.8. The predicted molar refractivity (Wildman–Crippen MR) is 97.4 cm³/mol. The monoisotopic (exact) mass is 391 g/mol. The molecular weight excluding hydrogens is 375 g/mol. The molecule has 146 valence electrons. The Bertz CT molecular complexity index is 1080. The second-order valence-electron chi connectivity index (χ2n) is 6.10. The zero-order valence-electron chi connectivity index (χ0n) is 14.8. The number of carbonyl (C=O) groups excluding carboxylic acids is 1. The van der Waals surface area contributed by atoms with Crippen molar-refractivity contribution in [2.45, 2.75) is 19.6 Å². The first kappa shape index (κ1) is 19.4. The normalized spacial score (nSPS) is 11.4. The van der Waals surface area contributed by atoms with Crippen molar-refractivity contribution in [2.24, 2.45) is 0 Å². The van der Waals surface area contributed by atoms with Crippen molar-refractivity contribution in [3.8, 4) is 5.75 Å². The molecule has 0 spiro atoms. The van der Waals surface area contributed by atoms with Gasteiger partial charge in [-0.25, -0.2) is 4.98 Å². The molecule has 0 aliphatic rings. The van der Waals surface area contributed by atoms with Gasteiger partial charge in [0.05, 0.1) is 22.9 Å². The van der Waals surface area contributed by atoms with E-state index < -0.39 is 18.7 Å². The number of nitrogens with one attached hydrogen (secondary N) is 1. The molecule has 1 amide bonds. The number of aryl methyl sites for hydroxylation is 1. The summed E-state index contributed by atoms with van der Waals surface area (Å²) in [7, 11) is 0. The van der Waals surface area contributed by atoms with E-state index in [1.54, 1.807) is 18.2 Å². The highest BCUT2D eigenvalue weighted by Crippen LogP contribution is 2.26. The smallest absolute Gasteiger partial charge is 0.422 e. The molecule has 0 saturated heterocycles. The van der Waals surface area contributed by atoms with Crippen LogP contribution in [-0.2, 0) is 11.3 Å². The van der Waals surface area contributed by atoms with Crippen LogP contribution in [0.2, 0.25) is 0 Å². The molecule has 1 heterocycles. The first-order valence-electron chi connectivity index (χ1n) is 8.28. The van der Waals surface area contributed by atoms with E-state index in [9.17, 15) is 22.8 Å². The van der Waals surface area contributed by atoms with Crippen LogP contribution in [0.3, 0.4) is 0 Å². The van der Waals surface area contributed by atoms with Crippen LogP contribution in [0.4, 0.5) is 18.9 Å². The van der Waals surface area contributed by atoms with Crippen molar-refractivity contribution < 1.29 is 22.7 Å². The number of ether oxygens (including phenoxy) is 1. The number of hydrogen-bond acceptors (Lipinski definition) is 4. The molecule has 0 saturated carbocycles. The fraction of sp³-hybridized carbons (Fsp3) is 0.211. The van der Waals surface area contributed by atoms with Crippen LogP contribution in [0.25, 0.3) is 10.9 Å². The van der Waals surface area contributed by atoms with Crippen molar-refractivity contribution in [1.29, 1.82) is 0 Å². The quantitative estimate of drug-likeness (QED) is 0.725. The number of anilines is 1. The lowest BCUT2D eigenvalue weighted by molar-refractivity contribution is -0.153. The molecule has 6 nitrogen and oxygen atoms in total. The van der Waals surface area contributed by atoms with E-state index in [2.05, 4.69) is 10.3 Å². The summed E-state index contributed by atoms with van der Waals surface area (Å²) in [6, 6.07) is 10.9. The molecule has 9 heteroatoms. The van der Waals surface area contributed by atoms with Crippen molar-refractivity contribution in [1.82, 2.24) is 9.55 Å². The molecule has 1 N–H and O–H groups in total. The maximum Gasteiger partial charge on any atom is 0.422 e. The topological polar surface area (TPSA) is 73.2 Å². The van der Waals surface area contributed by atoms with Gasteiger partial charge in [-0.1, -0.05) is 24.3 Å². The van der Waals surface area contributed by atoms with Crippen LogP contribution >= 0.6 is 0 Å². The third-order valence-corrected chi connectivity index (χ3v) is 3.92. The summed E-state index contributed by atoms with van der Waals surface area (Å²) in [5.41, 5.74) is 1.08. The first-order valence-corrected chi connectivity index (χ1v) is 8.28. The molecule has 0 fully saturated rings. The van der Waals surface area contributed by atoms with E-state index in [1.807, 2.05) is 13.0 Å². The molecule has 0 unspecified atom stereocenters. The van der Waals surface area contributed by atoms with Crippen LogP contribution in [-0.4, -0.2) is 28.2 Å². The summed E-state index contributed by atoms with van der Waals surface area (Å²) in [6.45, 7) is 0.000306. The molecule has 0 bridgehead atoms. The molecule has 3 aromatic rings. The van der Waals surface area contributed by atoms with Gasteiger partial charge >= 0.3 is 6.18 Å². The molecule has 0 aliphatic heterocycles. The predicted octanol–water partition coefficient (Wildman–Crippen LogP) is 3.28. The van der Waals surface area contributed by atoms with Gasteiger partial charge in [0, 0.05) is 0 Å². The molecule has 0 atom stereocenters. The van der Waals surface area contributed by atoms with Gasteiger partial charge in [0.1, 0.15) is 12.3 Å². The van der Waals surface area contributed by atoms with E-state index in [-0.39, 0.29) is 23.5 Å². The van der Waals surface area contributed by atoms with Crippen molar-refractivity contribution >= 4 is 22.5 Å². The number of aromatic nitrogens is 2. The van der Waals surface area contributed by atoms with Gasteiger partial charge in [0.15, 0.2) is 6.61 Å². The second-order valence-corrected chi connectivity index (χ2v) is 6.10. The zero-order chi connectivity index (χ0) is 20.3. The number of rotatable bonds is 5. The Labute approximate surface area is 157 Å². The number of alkyl halides is 3. The highest BCUT2D eigenvalue weighted by atomic mass is 19.4. The first-order chi connectivity index (χ1) is 13.2. The molecule has 28 heavy (non-hydrogen) atoms. The van der Waals surface area contributed by atoms with Gasteiger partial charge in [0.25, 0.3) is 5.56 Å². The summed E-state index contributed by atoms with van der Waals surface area (Å²) >= 11 is 0. The third-order valence-electron chi connectivity index (χ3n) is 3.92. The molecular formula is C19H16F3N3O3. The van der Waals surface area contributed by atoms with E-state index in [0.717, 1.165) is 10.1 Å². The minimum atomic E-state index is -4.50.